The van der Waals surface area contributed by atoms with Crippen LogP contribution in [0.25, 0.3) is 10.9 Å². The third kappa shape index (κ3) is 8.06. The molecular weight excluding hydrogens is 602 g/mol. The number of piperazine rings is 1. The number of carboxylic acids is 1. The average molecular weight is 646 g/mol. The topological polar surface area (TPSA) is 84.2 Å². The quantitative estimate of drug-likeness (QED) is 0.118. The Hall–Kier alpha value is -5.08. The maximum atomic E-state index is 13.7. The molecule has 0 amide bonds. The molecule has 0 saturated carbocycles. The van der Waals surface area contributed by atoms with E-state index < -0.39 is 5.97 Å². The van der Waals surface area contributed by atoms with Crippen molar-refractivity contribution in [3.05, 3.63) is 126 Å². The summed E-state index contributed by atoms with van der Waals surface area (Å²) in [5, 5.41) is 9.92. The summed E-state index contributed by atoms with van der Waals surface area (Å²) in [5.41, 5.74) is 4.46. The lowest BCUT2D eigenvalue weighted by Crippen LogP contribution is -2.46. The van der Waals surface area contributed by atoms with Gasteiger partial charge in [-0.3, -0.25) is 14.5 Å². The summed E-state index contributed by atoms with van der Waals surface area (Å²) >= 11 is 0. The van der Waals surface area contributed by atoms with Crippen LogP contribution in [0, 0.1) is 0 Å². The van der Waals surface area contributed by atoms with Crippen molar-refractivity contribution in [2.75, 3.05) is 44.7 Å². The Morgan fingerprint density at radius 1 is 0.792 bits per heavy atom. The van der Waals surface area contributed by atoms with Crippen molar-refractivity contribution in [1.29, 1.82) is 0 Å². The smallest absolute Gasteiger partial charge is 0.303 e. The number of hydrogen-bond donors (Lipinski definition) is 1. The number of carbonyl (C=O) groups excluding carboxylic acids is 1. The second kappa shape index (κ2) is 15.7. The Labute approximate surface area is 282 Å². The SMILES string of the molecule is COc1cccc(N2CCN(CCCC(Oc3ccc(C(=O)c4cn(CCCC(=O)O)c5ccccc45)cc3)c3ccccc3)CC2)c1. The predicted octanol–water partition coefficient (Wildman–Crippen LogP) is 7.47. The van der Waals surface area contributed by atoms with Crippen LogP contribution >= 0.6 is 0 Å². The molecule has 48 heavy (non-hydrogen) atoms. The molecular formula is C40H43N3O5. The van der Waals surface area contributed by atoms with E-state index in [1.54, 1.807) is 7.11 Å². The molecule has 1 unspecified atom stereocenters. The van der Waals surface area contributed by atoms with Crippen molar-refractivity contribution in [1.82, 2.24) is 9.47 Å². The van der Waals surface area contributed by atoms with E-state index in [0.29, 0.717) is 24.1 Å². The number of ether oxygens (including phenoxy) is 2. The van der Waals surface area contributed by atoms with E-state index in [1.807, 2.05) is 89.6 Å². The minimum absolute atomic E-state index is 0.0687. The number of hydrogen-bond acceptors (Lipinski definition) is 6. The van der Waals surface area contributed by atoms with Crippen molar-refractivity contribution in [3.8, 4) is 11.5 Å². The van der Waals surface area contributed by atoms with E-state index in [0.717, 1.165) is 73.5 Å². The number of fused-ring (bicyclic) bond motifs is 1. The molecule has 1 aromatic heterocycles. The monoisotopic (exact) mass is 645 g/mol. The normalized spacial score (nSPS) is 14.1. The van der Waals surface area contributed by atoms with Gasteiger partial charge in [0.2, 0.25) is 0 Å². The number of rotatable bonds is 15. The summed E-state index contributed by atoms with van der Waals surface area (Å²) in [7, 11) is 1.71. The van der Waals surface area contributed by atoms with E-state index in [9.17, 15) is 9.59 Å². The molecule has 248 valence electrons. The molecule has 5 aromatic rings. The summed E-state index contributed by atoms with van der Waals surface area (Å²) in [4.78, 5) is 29.7. The number of methoxy groups -OCH3 is 1. The third-order valence-corrected chi connectivity index (χ3v) is 9.12. The first kappa shape index (κ1) is 32.8. The lowest BCUT2D eigenvalue weighted by molar-refractivity contribution is -0.137. The second-order valence-corrected chi connectivity index (χ2v) is 12.3. The van der Waals surface area contributed by atoms with Gasteiger partial charge in [0.15, 0.2) is 5.78 Å². The number of benzene rings is 4. The number of carboxylic acid groups (broad SMARTS) is 1. The van der Waals surface area contributed by atoms with E-state index in [-0.39, 0.29) is 18.3 Å². The lowest BCUT2D eigenvalue weighted by Gasteiger charge is -2.36. The van der Waals surface area contributed by atoms with Crippen LogP contribution in [0.2, 0.25) is 0 Å². The summed E-state index contributed by atoms with van der Waals surface area (Å²) in [5.74, 6) is 0.724. The van der Waals surface area contributed by atoms with Crippen LogP contribution in [-0.4, -0.2) is 66.2 Å². The Morgan fingerprint density at radius 3 is 2.29 bits per heavy atom. The number of aromatic nitrogens is 1. The van der Waals surface area contributed by atoms with Crippen LogP contribution in [0.4, 0.5) is 5.69 Å². The molecule has 8 nitrogen and oxygen atoms in total. The van der Waals surface area contributed by atoms with Crippen LogP contribution in [-0.2, 0) is 11.3 Å². The van der Waals surface area contributed by atoms with Crippen LogP contribution in [0.5, 0.6) is 11.5 Å². The fourth-order valence-electron chi connectivity index (χ4n) is 6.52. The number of ketones is 1. The highest BCUT2D eigenvalue weighted by Gasteiger charge is 2.20. The molecule has 6 rings (SSSR count). The van der Waals surface area contributed by atoms with Crippen LogP contribution in [0.15, 0.2) is 109 Å². The number of carbonyl (C=O) groups is 2. The molecule has 1 atom stereocenters. The van der Waals surface area contributed by atoms with Gasteiger partial charge in [0.05, 0.1) is 7.11 Å². The van der Waals surface area contributed by atoms with Gasteiger partial charge < -0.3 is 24.0 Å². The van der Waals surface area contributed by atoms with E-state index in [1.165, 1.54) is 5.69 Å². The van der Waals surface area contributed by atoms with Gasteiger partial charge in [-0.25, -0.2) is 0 Å². The van der Waals surface area contributed by atoms with E-state index in [4.69, 9.17) is 14.6 Å². The third-order valence-electron chi connectivity index (χ3n) is 9.12. The predicted molar refractivity (Wildman–Crippen MR) is 189 cm³/mol. The first-order chi connectivity index (χ1) is 23.5. The van der Waals surface area contributed by atoms with Crippen molar-refractivity contribution in [2.45, 2.75) is 38.3 Å². The molecule has 1 N–H and O–H groups in total. The van der Waals surface area contributed by atoms with Crippen LogP contribution in [0.1, 0.15) is 53.3 Å². The van der Waals surface area contributed by atoms with Gasteiger partial charge in [-0.15, -0.1) is 0 Å². The Morgan fingerprint density at radius 2 is 1.54 bits per heavy atom. The molecule has 0 radical (unpaired) electrons. The lowest BCUT2D eigenvalue weighted by atomic mass is 10.0. The minimum atomic E-state index is -0.820. The second-order valence-electron chi connectivity index (χ2n) is 12.3. The zero-order valence-corrected chi connectivity index (χ0v) is 27.5. The molecule has 1 aliphatic heterocycles. The van der Waals surface area contributed by atoms with Crippen molar-refractivity contribution in [2.24, 2.45) is 0 Å². The highest BCUT2D eigenvalue weighted by molar-refractivity contribution is 6.16. The van der Waals surface area contributed by atoms with E-state index in [2.05, 4.69) is 34.1 Å². The summed E-state index contributed by atoms with van der Waals surface area (Å²) < 4.78 is 14.0. The van der Waals surface area contributed by atoms with E-state index >= 15 is 0 Å². The van der Waals surface area contributed by atoms with Gasteiger partial charge in [0.25, 0.3) is 0 Å². The van der Waals surface area contributed by atoms with Crippen LogP contribution in [0.3, 0.4) is 0 Å². The standard InChI is InChI=1S/C40H43N3O5/c1-47-34-13-7-12-32(28-34)42-26-24-41(25-27-42)22-8-16-38(30-10-3-2-4-11-30)48-33-20-18-31(19-21-33)40(46)36-29-43(23-9-17-39(44)45)37-15-6-5-14-35(36)37/h2-7,10-15,18-21,28-29,38H,8-9,16-17,22-27H2,1H3,(H,44,45). The Balaban J connectivity index is 1.07. The zero-order valence-electron chi connectivity index (χ0n) is 27.5. The minimum Gasteiger partial charge on any atom is -0.497 e. The van der Waals surface area contributed by atoms with Crippen LogP contribution < -0.4 is 14.4 Å². The largest absolute Gasteiger partial charge is 0.497 e. The number of aliphatic carboxylic acids is 1. The number of aryl methyl sites for hydroxylation is 1. The van der Waals surface area contributed by atoms with Gasteiger partial charge in [-0.05, 0) is 73.8 Å². The molecule has 4 aromatic carbocycles. The van der Waals surface area contributed by atoms with Crippen molar-refractivity contribution >= 4 is 28.3 Å². The molecule has 8 heteroatoms. The maximum absolute atomic E-state index is 13.7. The molecule has 2 heterocycles. The molecule has 1 saturated heterocycles. The molecule has 0 bridgehead atoms. The highest BCUT2D eigenvalue weighted by atomic mass is 16.5. The van der Waals surface area contributed by atoms with Gasteiger partial charge in [0.1, 0.15) is 17.6 Å². The van der Waals surface area contributed by atoms with Gasteiger partial charge in [0, 0.05) is 79.1 Å². The molecule has 1 fully saturated rings. The molecule has 1 aliphatic rings. The van der Waals surface area contributed by atoms with Gasteiger partial charge >= 0.3 is 5.97 Å². The number of nitrogens with zero attached hydrogens (tertiary/aromatic N) is 3. The zero-order chi connectivity index (χ0) is 33.3. The van der Waals surface area contributed by atoms with Crippen molar-refractivity contribution in [3.63, 3.8) is 0 Å². The number of anilines is 1. The van der Waals surface area contributed by atoms with Crippen molar-refractivity contribution < 1.29 is 24.2 Å². The number of para-hydroxylation sites is 1. The summed E-state index contributed by atoms with van der Waals surface area (Å²) in [6.07, 6.45) is 4.22. The molecule has 0 spiro atoms. The fourth-order valence-corrected chi connectivity index (χ4v) is 6.52. The first-order valence-electron chi connectivity index (χ1n) is 16.8. The average Bonchev–Trinajstić information content (AvgIpc) is 3.50. The highest BCUT2D eigenvalue weighted by Crippen LogP contribution is 2.29. The Kier molecular flexibility index (Phi) is 10.7. The molecule has 0 aliphatic carbocycles. The summed E-state index contributed by atoms with van der Waals surface area (Å²) in [6.45, 7) is 5.56. The van der Waals surface area contributed by atoms with Gasteiger partial charge in [-0.1, -0.05) is 54.6 Å². The summed E-state index contributed by atoms with van der Waals surface area (Å²) in [6, 6.07) is 33.8. The van der Waals surface area contributed by atoms with Gasteiger partial charge in [-0.2, -0.15) is 0 Å². The maximum Gasteiger partial charge on any atom is 0.303 e. The fraction of sp³-hybridized carbons (Fsp3) is 0.300. The first-order valence-corrected chi connectivity index (χ1v) is 16.8. The Bertz CT molecular complexity index is 1810.